The normalized spacial score (nSPS) is 17.0. The average Bonchev–Trinajstić information content (AvgIpc) is 2.45. The number of aliphatic hydroxyl groups excluding tert-OH is 1. The van der Waals surface area contributed by atoms with Crippen LogP contribution >= 0.6 is 0 Å². The topological polar surface area (TPSA) is 102 Å². The lowest BCUT2D eigenvalue weighted by Crippen LogP contribution is -2.37. The third kappa shape index (κ3) is 6.17. The summed E-state index contributed by atoms with van der Waals surface area (Å²) < 4.78 is 0. The Morgan fingerprint density at radius 2 is 1.82 bits per heavy atom. The van der Waals surface area contributed by atoms with Crippen LogP contribution in [0, 0.1) is 0 Å². The van der Waals surface area contributed by atoms with Crippen molar-refractivity contribution in [2.45, 2.75) is 32.8 Å². The van der Waals surface area contributed by atoms with Crippen molar-refractivity contribution in [3.63, 3.8) is 0 Å². The van der Waals surface area contributed by atoms with Crippen molar-refractivity contribution in [3.05, 3.63) is 24.0 Å². The summed E-state index contributed by atoms with van der Waals surface area (Å²) in [4.78, 5) is 16.9. The molecule has 0 aromatic heterocycles. The first kappa shape index (κ1) is 20.0. The Balaban J connectivity index is 0.000000626. The van der Waals surface area contributed by atoms with Gasteiger partial charge in [-0.1, -0.05) is 20.4 Å². The van der Waals surface area contributed by atoms with Gasteiger partial charge in [-0.2, -0.15) is 0 Å². The van der Waals surface area contributed by atoms with Crippen molar-refractivity contribution in [2.24, 2.45) is 10.7 Å². The van der Waals surface area contributed by atoms with E-state index in [2.05, 4.69) is 30.3 Å². The highest BCUT2D eigenvalue weighted by Gasteiger charge is 2.23. The Labute approximate surface area is 132 Å². The molecule has 1 unspecified atom stereocenters. The molecule has 0 aromatic rings. The lowest BCUT2D eigenvalue weighted by atomic mass is 10.0. The van der Waals surface area contributed by atoms with E-state index in [-0.39, 0.29) is 5.84 Å². The maximum atomic E-state index is 9.78. The van der Waals surface area contributed by atoms with Crippen molar-refractivity contribution in [3.8, 4) is 0 Å². The van der Waals surface area contributed by atoms with Gasteiger partial charge in [-0.3, -0.25) is 0 Å². The summed E-state index contributed by atoms with van der Waals surface area (Å²) >= 11 is 0. The van der Waals surface area contributed by atoms with E-state index in [1.807, 2.05) is 0 Å². The number of rotatable bonds is 5. The first-order valence-corrected chi connectivity index (χ1v) is 7.31. The van der Waals surface area contributed by atoms with E-state index in [9.17, 15) is 9.90 Å². The van der Waals surface area contributed by atoms with Crippen molar-refractivity contribution >= 4 is 11.9 Å². The summed E-state index contributed by atoms with van der Waals surface area (Å²) in [6.07, 6.45) is 2.07. The molecular weight excluding hydrogens is 284 g/mol. The van der Waals surface area contributed by atoms with Gasteiger partial charge in [-0.05, 0) is 12.8 Å². The summed E-state index contributed by atoms with van der Waals surface area (Å²) in [6, 6.07) is 0. The van der Waals surface area contributed by atoms with Gasteiger partial charge in [0.15, 0.2) is 0 Å². The van der Waals surface area contributed by atoms with Crippen molar-refractivity contribution in [2.75, 3.05) is 27.2 Å². The SMILES string of the molecule is C=C1C(N(CCC)CCC)=CN=C(N)C1O.CN(C)C(=O)O. The number of carbonyl (C=O) groups is 1. The van der Waals surface area contributed by atoms with Gasteiger partial charge in [-0.25, -0.2) is 9.79 Å². The predicted octanol–water partition coefficient (Wildman–Crippen LogP) is 1.46. The first-order chi connectivity index (χ1) is 10.3. The van der Waals surface area contributed by atoms with Crippen LogP contribution in [-0.4, -0.2) is 65.2 Å². The number of amidine groups is 1. The smallest absolute Gasteiger partial charge is 0.406 e. The van der Waals surface area contributed by atoms with Crippen LogP contribution < -0.4 is 5.73 Å². The minimum Gasteiger partial charge on any atom is -0.465 e. The molecule has 7 nitrogen and oxygen atoms in total. The van der Waals surface area contributed by atoms with E-state index in [1.54, 1.807) is 6.20 Å². The van der Waals surface area contributed by atoms with E-state index in [1.165, 1.54) is 14.1 Å². The fourth-order valence-corrected chi connectivity index (χ4v) is 1.79. The zero-order chi connectivity index (χ0) is 17.3. The highest BCUT2D eigenvalue weighted by Crippen LogP contribution is 2.21. The van der Waals surface area contributed by atoms with Crippen molar-refractivity contribution < 1.29 is 15.0 Å². The molecule has 0 aliphatic carbocycles. The zero-order valence-corrected chi connectivity index (χ0v) is 13.9. The lowest BCUT2D eigenvalue weighted by Gasteiger charge is -2.31. The van der Waals surface area contributed by atoms with Crippen LogP contribution in [0.2, 0.25) is 0 Å². The fourth-order valence-electron chi connectivity index (χ4n) is 1.79. The molecule has 1 heterocycles. The van der Waals surface area contributed by atoms with Gasteiger partial charge in [0, 0.05) is 32.8 Å². The lowest BCUT2D eigenvalue weighted by molar-refractivity contribution is 0.165. The Morgan fingerprint density at radius 3 is 2.18 bits per heavy atom. The molecule has 0 saturated carbocycles. The summed E-state index contributed by atoms with van der Waals surface area (Å²) in [5.41, 5.74) is 7.11. The molecule has 22 heavy (non-hydrogen) atoms. The molecule has 7 heteroatoms. The highest BCUT2D eigenvalue weighted by molar-refractivity contribution is 5.90. The van der Waals surface area contributed by atoms with Gasteiger partial charge in [0.1, 0.15) is 11.9 Å². The molecule has 0 bridgehead atoms. The number of carboxylic acid groups (broad SMARTS) is 1. The number of aliphatic imine (C=N–C) groups is 1. The Morgan fingerprint density at radius 1 is 1.36 bits per heavy atom. The second-order valence-corrected chi connectivity index (χ2v) is 5.16. The molecule has 0 fully saturated rings. The van der Waals surface area contributed by atoms with Crippen molar-refractivity contribution in [1.29, 1.82) is 0 Å². The minimum atomic E-state index is -0.907. The number of nitrogens with two attached hydrogens (primary N) is 1. The van der Waals surface area contributed by atoms with Crippen LogP contribution in [0.4, 0.5) is 4.79 Å². The van der Waals surface area contributed by atoms with Crippen LogP contribution in [0.5, 0.6) is 0 Å². The molecule has 0 spiro atoms. The predicted molar refractivity (Wildman–Crippen MR) is 88.7 cm³/mol. The molecule has 1 rings (SSSR count). The number of hydrogen-bond donors (Lipinski definition) is 3. The summed E-state index contributed by atoms with van der Waals surface area (Å²) in [5, 5.41) is 17.7. The monoisotopic (exact) mass is 312 g/mol. The fraction of sp³-hybridized carbons (Fsp3) is 0.600. The molecule has 4 N–H and O–H groups in total. The Hall–Kier alpha value is -2.02. The van der Waals surface area contributed by atoms with Crippen LogP contribution in [0.1, 0.15) is 26.7 Å². The highest BCUT2D eigenvalue weighted by atomic mass is 16.4. The molecule has 1 amide bonds. The third-order valence-electron chi connectivity index (χ3n) is 2.99. The number of aliphatic hydroxyl groups is 1. The molecule has 0 radical (unpaired) electrons. The maximum absolute atomic E-state index is 9.78. The van der Waals surface area contributed by atoms with Gasteiger partial charge in [0.05, 0.1) is 11.9 Å². The summed E-state index contributed by atoms with van der Waals surface area (Å²) in [7, 11) is 2.95. The van der Waals surface area contributed by atoms with E-state index in [4.69, 9.17) is 10.8 Å². The van der Waals surface area contributed by atoms with Gasteiger partial charge in [0.2, 0.25) is 0 Å². The second kappa shape index (κ2) is 9.83. The van der Waals surface area contributed by atoms with Gasteiger partial charge >= 0.3 is 6.09 Å². The molecule has 0 aromatic carbocycles. The summed E-state index contributed by atoms with van der Waals surface area (Å²) in [5.74, 6) is 0.224. The van der Waals surface area contributed by atoms with Gasteiger partial charge in [0.25, 0.3) is 0 Å². The molecule has 1 aliphatic rings. The minimum absolute atomic E-state index is 0.224. The number of hydrogen-bond acceptors (Lipinski definition) is 5. The quantitative estimate of drug-likeness (QED) is 0.713. The number of nitrogens with zero attached hydrogens (tertiary/aromatic N) is 3. The number of amides is 1. The van der Waals surface area contributed by atoms with Crippen LogP contribution in [0.25, 0.3) is 0 Å². The first-order valence-electron chi connectivity index (χ1n) is 7.31. The molecule has 1 atom stereocenters. The molecule has 0 saturated heterocycles. The molecule has 1 aliphatic heterocycles. The van der Waals surface area contributed by atoms with E-state index < -0.39 is 12.2 Å². The van der Waals surface area contributed by atoms with Gasteiger partial charge in [-0.15, -0.1) is 0 Å². The van der Waals surface area contributed by atoms with Gasteiger partial charge < -0.3 is 25.7 Å². The molecule has 126 valence electrons. The summed E-state index contributed by atoms with van der Waals surface area (Å²) in [6.45, 7) is 10.0. The van der Waals surface area contributed by atoms with Crippen molar-refractivity contribution in [1.82, 2.24) is 9.80 Å². The standard InChI is InChI=1S/C12H21N3O.C3H7NO2/c1-4-6-15(7-5-2)10-8-14-12(13)11(16)9(10)3;1-4(2)3(5)6/h8,11,16H,3-7H2,1-2H3,(H2,13,14);1-2H3,(H,5,6). The second-order valence-electron chi connectivity index (χ2n) is 5.16. The Bertz CT molecular complexity index is 438. The molecular formula is C15H28N4O3. The average molecular weight is 312 g/mol. The Kier molecular flexibility index (Phi) is 8.93. The van der Waals surface area contributed by atoms with E-state index >= 15 is 0 Å². The van der Waals surface area contributed by atoms with E-state index in [0.717, 1.165) is 36.5 Å². The third-order valence-corrected chi connectivity index (χ3v) is 2.99. The van der Waals surface area contributed by atoms with Crippen LogP contribution in [0.3, 0.4) is 0 Å². The largest absolute Gasteiger partial charge is 0.465 e. The van der Waals surface area contributed by atoms with Crippen LogP contribution in [0.15, 0.2) is 29.0 Å². The zero-order valence-electron chi connectivity index (χ0n) is 13.9. The maximum Gasteiger partial charge on any atom is 0.406 e. The van der Waals surface area contributed by atoms with E-state index in [0.29, 0.717) is 5.57 Å². The van der Waals surface area contributed by atoms with Crippen LogP contribution in [-0.2, 0) is 0 Å².